The van der Waals surface area contributed by atoms with Gasteiger partial charge in [-0.25, -0.2) is 4.39 Å². The number of nitrogen functional groups attached to an aromatic ring is 1. The van der Waals surface area contributed by atoms with Crippen molar-refractivity contribution in [2.75, 3.05) is 11.1 Å². The van der Waals surface area contributed by atoms with Crippen LogP contribution in [0.4, 0.5) is 21.5 Å². The van der Waals surface area contributed by atoms with Gasteiger partial charge in [-0.05, 0) is 25.1 Å². The number of benzene rings is 1. The number of anilines is 3. The smallest absolute Gasteiger partial charge is 0.128 e. The second kappa shape index (κ2) is 4.18. The first-order valence-electron chi connectivity index (χ1n) is 4.90. The molecule has 0 atom stereocenters. The summed E-state index contributed by atoms with van der Waals surface area (Å²) in [4.78, 5) is 3.89. The SMILES string of the molecule is Cc1c(F)cccc1Nc1ccncc1N. The average molecular weight is 217 g/mol. The highest BCUT2D eigenvalue weighted by Gasteiger charge is 2.04. The Morgan fingerprint density at radius 2 is 2.06 bits per heavy atom. The second-order valence-corrected chi connectivity index (χ2v) is 3.50. The van der Waals surface area contributed by atoms with E-state index < -0.39 is 0 Å². The maximum Gasteiger partial charge on any atom is 0.128 e. The van der Waals surface area contributed by atoms with Gasteiger partial charge in [0.2, 0.25) is 0 Å². The Kier molecular flexibility index (Phi) is 2.72. The Morgan fingerprint density at radius 1 is 1.25 bits per heavy atom. The molecular weight excluding hydrogens is 205 g/mol. The van der Waals surface area contributed by atoms with Gasteiger partial charge >= 0.3 is 0 Å². The van der Waals surface area contributed by atoms with Crippen LogP contribution < -0.4 is 11.1 Å². The molecule has 2 aromatic rings. The zero-order chi connectivity index (χ0) is 11.5. The number of rotatable bonds is 2. The lowest BCUT2D eigenvalue weighted by atomic mass is 10.2. The van der Waals surface area contributed by atoms with E-state index in [-0.39, 0.29) is 5.82 Å². The fraction of sp³-hybridized carbons (Fsp3) is 0.0833. The number of hydrogen-bond acceptors (Lipinski definition) is 3. The van der Waals surface area contributed by atoms with Crippen LogP contribution in [0, 0.1) is 12.7 Å². The lowest BCUT2D eigenvalue weighted by Gasteiger charge is -2.11. The zero-order valence-electron chi connectivity index (χ0n) is 8.87. The first kappa shape index (κ1) is 10.4. The van der Waals surface area contributed by atoms with E-state index in [4.69, 9.17) is 5.73 Å². The summed E-state index contributed by atoms with van der Waals surface area (Å²) in [6, 6.07) is 6.64. The minimum atomic E-state index is -0.238. The Balaban J connectivity index is 2.35. The molecular formula is C12H12FN3. The van der Waals surface area contributed by atoms with Crippen LogP contribution in [0.15, 0.2) is 36.7 Å². The number of aromatic nitrogens is 1. The molecule has 1 aromatic carbocycles. The molecule has 0 aliphatic rings. The molecule has 0 saturated heterocycles. The molecule has 3 nitrogen and oxygen atoms in total. The lowest BCUT2D eigenvalue weighted by Crippen LogP contribution is -1.99. The number of pyridine rings is 1. The highest BCUT2D eigenvalue weighted by atomic mass is 19.1. The van der Waals surface area contributed by atoms with Crippen LogP contribution in [0.1, 0.15) is 5.56 Å². The van der Waals surface area contributed by atoms with Gasteiger partial charge in [0.15, 0.2) is 0 Å². The van der Waals surface area contributed by atoms with E-state index in [1.54, 1.807) is 37.5 Å². The van der Waals surface area contributed by atoms with Crippen molar-refractivity contribution in [1.29, 1.82) is 0 Å². The van der Waals surface area contributed by atoms with Crippen molar-refractivity contribution in [3.63, 3.8) is 0 Å². The molecule has 0 radical (unpaired) electrons. The Hall–Kier alpha value is -2.10. The van der Waals surface area contributed by atoms with Crippen LogP contribution in [0.2, 0.25) is 0 Å². The summed E-state index contributed by atoms with van der Waals surface area (Å²) in [5.41, 5.74) is 8.27. The van der Waals surface area contributed by atoms with E-state index >= 15 is 0 Å². The Morgan fingerprint density at radius 3 is 2.81 bits per heavy atom. The van der Waals surface area contributed by atoms with Crippen LogP contribution in [0.3, 0.4) is 0 Å². The molecule has 0 amide bonds. The third kappa shape index (κ3) is 1.95. The molecule has 0 spiro atoms. The van der Waals surface area contributed by atoms with Crippen LogP contribution in [0.5, 0.6) is 0 Å². The van der Waals surface area contributed by atoms with Crippen molar-refractivity contribution < 1.29 is 4.39 Å². The zero-order valence-corrected chi connectivity index (χ0v) is 8.87. The van der Waals surface area contributed by atoms with Gasteiger partial charge in [-0.15, -0.1) is 0 Å². The first-order valence-corrected chi connectivity index (χ1v) is 4.90. The molecule has 0 aliphatic carbocycles. The molecule has 0 bridgehead atoms. The normalized spacial score (nSPS) is 10.1. The summed E-state index contributed by atoms with van der Waals surface area (Å²) in [6.07, 6.45) is 3.18. The van der Waals surface area contributed by atoms with E-state index in [2.05, 4.69) is 10.3 Å². The van der Waals surface area contributed by atoms with Gasteiger partial charge in [0.1, 0.15) is 5.82 Å². The van der Waals surface area contributed by atoms with Gasteiger partial charge in [0.05, 0.1) is 17.6 Å². The molecule has 1 aromatic heterocycles. The standard InChI is InChI=1S/C12H12FN3/c1-8-9(13)3-2-4-11(8)16-12-5-6-15-7-10(12)14/h2-7H,14H2,1H3,(H,15,16). The van der Waals surface area contributed by atoms with E-state index in [0.717, 1.165) is 5.69 Å². The maximum absolute atomic E-state index is 13.3. The van der Waals surface area contributed by atoms with Crippen molar-refractivity contribution in [3.05, 3.63) is 48.0 Å². The van der Waals surface area contributed by atoms with Crippen molar-refractivity contribution in [1.82, 2.24) is 4.98 Å². The quantitative estimate of drug-likeness (QED) is 0.813. The molecule has 4 heteroatoms. The minimum absolute atomic E-state index is 0.238. The molecule has 82 valence electrons. The first-order chi connectivity index (χ1) is 7.68. The summed E-state index contributed by atoms with van der Waals surface area (Å²) in [6.45, 7) is 1.72. The van der Waals surface area contributed by atoms with Crippen molar-refractivity contribution in [2.45, 2.75) is 6.92 Å². The number of halogens is 1. The van der Waals surface area contributed by atoms with Crippen molar-refractivity contribution >= 4 is 17.1 Å². The fourth-order valence-electron chi connectivity index (χ4n) is 1.41. The number of nitrogens with two attached hydrogens (primary N) is 1. The van der Waals surface area contributed by atoms with Crippen LogP contribution in [-0.4, -0.2) is 4.98 Å². The summed E-state index contributed by atoms with van der Waals surface area (Å²) < 4.78 is 13.3. The summed E-state index contributed by atoms with van der Waals surface area (Å²) in [5, 5.41) is 3.08. The van der Waals surface area contributed by atoms with Crippen molar-refractivity contribution in [3.8, 4) is 0 Å². The number of nitrogens with zero attached hydrogens (tertiary/aromatic N) is 1. The summed E-state index contributed by atoms with van der Waals surface area (Å²) in [5.74, 6) is -0.238. The monoisotopic (exact) mass is 217 g/mol. The highest BCUT2D eigenvalue weighted by molar-refractivity contribution is 5.72. The summed E-state index contributed by atoms with van der Waals surface area (Å²) >= 11 is 0. The van der Waals surface area contributed by atoms with Gasteiger partial charge in [-0.2, -0.15) is 0 Å². The van der Waals surface area contributed by atoms with Crippen molar-refractivity contribution in [2.24, 2.45) is 0 Å². The topological polar surface area (TPSA) is 50.9 Å². The van der Waals surface area contributed by atoms with E-state index in [1.807, 2.05) is 0 Å². The molecule has 3 N–H and O–H groups in total. The molecule has 0 saturated carbocycles. The fourth-order valence-corrected chi connectivity index (χ4v) is 1.41. The van der Waals surface area contributed by atoms with Gasteiger partial charge in [-0.3, -0.25) is 4.98 Å². The molecule has 0 unspecified atom stereocenters. The third-order valence-electron chi connectivity index (χ3n) is 2.39. The lowest BCUT2D eigenvalue weighted by molar-refractivity contribution is 0.619. The minimum Gasteiger partial charge on any atom is -0.396 e. The predicted octanol–water partition coefficient (Wildman–Crippen LogP) is 2.85. The summed E-state index contributed by atoms with van der Waals surface area (Å²) in [7, 11) is 0. The van der Waals surface area contributed by atoms with Crippen LogP contribution in [0.25, 0.3) is 0 Å². The van der Waals surface area contributed by atoms with E-state index in [0.29, 0.717) is 16.9 Å². The predicted molar refractivity (Wildman–Crippen MR) is 63.1 cm³/mol. The maximum atomic E-state index is 13.3. The van der Waals surface area contributed by atoms with E-state index in [9.17, 15) is 4.39 Å². The van der Waals surface area contributed by atoms with Gasteiger partial charge < -0.3 is 11.1 Å². The van der Waals surface area contributed by atoms with Gasteiger partial charge in [0, 0.05) is 17.4 Å². The number of hydrogen-bond donors (Lipinski definition) is 2. The molecule has 2 rings (SSSR count). The molecule has 16 heavy (non-hydrogen) atoms. The van der Waals surface area contributed by atoms with Crippen LogP contribution >= 0.6 is 0 Å². The van der Waals surface area contributed by atoms with Gasteiger partial charge in [-0.1, -0.05) is 6.07 Å². The number of nitrogens with one attached hydrogen (secondary N) is 1. The molecule has 1 heterocycles. The molecule has 0 aliphatic heterocycles. The largest absolute Gasteiger partial charge is 0.396 e. The van der Waals surface area contributed by atoms with Gasteiger partial charge in [0.25, 0.3) is 0 Å². The Bertz CT molecular complexity index is 511. The van der Waals surface area contributed by atoms with E-state index in [1.165, 1.54) is 6.07 Å². The third-order valence-corrected chi connectivity index (χ3v) is 2.39. The highest BCUT2D eigenvalue weighted by Crippen LogP contribution is 2.25. The molecule has 0 fully saturated rings. The second-order valence-electron chi connectivity index (χ2n) is 3.50. The average Bonchev–Trinajstić information content (AvgIpc) is 2.28. The van der Waals surface area contributed by atoms with Crippen LogP contribution in [-0.2, 0) is 0 Å². The Labute approximate surface area is 93.1 Å².